The molecule has 4 atom stereocenters. The number of halogens is 3. The number of ether oxygens (including phenoxy) is 1. The number of benzene rings is 1. The van der Waals surface area contributed by atoms with Crippen LogP contribution in [0.5, 0.6) is 5.75 Å². The fourth-order valence-corrected chi connectivity index (χ4v) is 5.91. The minimum atomic E-state index is -4.66. The molecule has 13 heteroatoms. The lowest BCUT2D eigenvalue weighted by atomic mass is 9.94. The summed E-state index contributed by atoms with van der Waals surface area (Å²) in [5.74, 6) is -1.96. The highest BCUT2D eigenvalue weighted by Gasteiger charge is 2.54. The first-order chi connectivity index (χ1) is 19.6. The lowest BCUT2D eigenvalue weighted by Gasteiger charge is -2.40. The molecule has 0 spiro atoms. The minimum Gasteiger partial charge on any atom is -0.492 e. The van der Waals surface area contributed by atoms with E-state index >= 15 is 0 Å². The quantitative estimate of drug-likeness (QED) is 0.543. The lowest BCUT2D eigenvalue weighted by molar-refractivity contribution is -0.201. The number of pyridine rings is 1. The molecule has 41 heavy (non-hydrogen) atoms. The summed E-state index contributed by atoms with van der Waals surface area (Å²) in [7, 11) is 0. The molecular formula is C28H32F3N7O3. The third kappa shape index (κ3) is 6.39. The third-order valence-electron chi connectivity index (χ3n) is 7.93. The summed E-state index contributed by atoms with van der Waals surface area (Å²) in [6.45, 7) is 4.74. The van der Waals surface area contributed by atoms with Crippen LogP contribution >= 0.6 is 0 Å². The zero-order valence-corrected chi connectivity index (χ0v) is 22.6. The van der Waals surface area contributed by atoms with Crippen molar-refractivity contribution < 1.29 is 27.5 Å². The standard InChI is InChI=1S/C28H32F3N7O3/c1-18-11-21(38(16-18)23-15-34-35-26(39)25(23)28(29,30)31)17-41-22-4-2-3-20(12-22)27(40)37-9-7-36(8-10-37)24-6-5-19(13-32)14-33-24/h2-6,12,14,18,21,23,25,34H,7-11,15-17H2,1H3,(H,35,39)/t18-,21-,23?,25?/m0/s1. The van der Waals surface area contributed by atoms with Crippen molar-refractivity contribution in [1.82, 2.24) is 25.6 Å². The van der Waals surface area contributed by atoms with Crippen LogP contribution in [0, 0.1) is 23.2 Å². The van der Waals surface area contributed by atoms with Gasteiger partial charge in [0, 0.05) is 63.1 Å². The first kappa shape index (κ1) is 28.6. The topological polar surface area (TPSA) is 114 Å². The van der Waals surface area contributed by atoms with E-state index in [1.807, 2.05) is 13.0 Å². The number of nitrogens with zero attached hydrogens (tertiary/aromatic N) is 5. The molecule has 3 aliphatic heterocycles. The first-order valence-electron chi connectivity index (χ1n) is 13.6. The van der Waals surface area contributed by atoms with Gasteiger partial charge in [-0.15, -0.1) is 0 Å². The highest BCUT2D eigenvalue weighted by atomic mass is 19.4. The Labute approximate surface area is 236 Å². The van der Waals surface area contributed by atoms with Crippen LogP contribution in [0.2, 0.25) is 0 Å². The number of hydrogen-bond donors (Lipinski definition) is 2. The van der Waals surface area contributed by atoms with Crippen LogP contribution in [0.4, 0.5) is 19.0 Å². The number of hydrazine groups is 1. The molecule has 0 bridgehead atoms. The van der Waals surface area contributed by atoms with Crippen molar-refractivity contribution in [1.29, 1.82) is 5.26 Å². The number of likely N-dealkylation sites (tertiary alicyclic amines) is 1. The molecule has 4 heterocycles. The maximum absolute atomic E-state index is 13.8. The molecule has 218 valence electrons. The maximum atomic E-state index is 13.8. The summed E-state index contributed by atoms with van der Waals surface area (Å²) in [6.07, 6.45) is -2.49. The zero-order valence-electron chi connectivity index (χ0n) is 22.6. The van der Waals surface area contributed by atoms with Crippen molar-refractivity contribution in [3.8, 4) is 11.8 Å². The van der Waals surface area contributed by atoms with Gasteiger partial charge in [-0.05, 0) is 42.7 Å². The average Bonchev–Trinajstić information content (AvgIpc) is 3.35. The van der Waals surface area contributed by atoms with Gasteiger partial charge >= 0.3 is 6.18 Å². The number of aromatic nitrogens is 1. The minimum absolute atomic E-state index is 0.0162. The summed E-state index contributed by atoms with van der Waals surface area (Å²) in [5.41, 5.74) is 5.67. The van der Waals surface area contributed by atoms with E-state index in [2.05, 4.69) is 20.7 Å². The molecule has 1 aromatic carbocycles. The van der Waals surface area contributed by atoms with Gasteiger partial charge in [0.15, 0.2) is 5.92 Å². The number of anilines is 1. The van der Waals surface area contributed by atoms with E-state index in [-0.39, 0.29) is 31.0 Å². The van der Waals surface area contributed by atoms with Gasteiger partial charge in [0.25, 0.3) is 5.91 Å². The van der Waals surface area contributed by atoms with Gasteiger partial charge in [-0.1, -0.05) is 13.0 Å². The predicted molar refractivity (Wildman–Crippen MR) is 143 cm³/mol. The van der Waals surface area contributed by atoms with Crippen LogP contribution in [-0.4, -0.2) is 90.7 Å². The molecule has 3 aliphatic rings. The number of amides is 2. The van der Waals surface area contributed by atoms with Crippen molar-refractivity contribution in [2.75, 3.05) is 50.8 Å². The van der Waals surface area contributed by atoms with Crippen LogP contribution < -0.4 is 20.5 Å². The summed E-state index contributed by atoms with van der Waals surface area (Å²) < 4.78 is 47.4. The molecule has 0 saturated carbocycles. The van der Waals surface area contributed by atoms with Crippen molar-refractivity contribution in [2.24, 2.45) is 11.8 Å². The monoisotopic (exact) mass is 571 g/mol. The molecule has 2 unspecified atom stereocenters. The van der Waals surface area contributed by atoms with Crippen molar-refractivity contribution >= 4 is 17.6 Å². The van der Waals surface area contributed by atoms with E-state index in [1.54, 1.807) is 46.2 Å². The molecule has 0 radical (unpaired) electrons. The Kier molecular flexibility index (Phi) is 8.32. The Morgan fingerprint density at radius 2 is 1.98 bits per heavy atom. The Bertz CT molecular complexity index is 1290. The third-order valence-corrected chi connectivity index (χ3v) is 7.93. The molecule has 5 rings (SSSR count). The normalized spacial score (nSPS) is 25.5. The number of piperazine rings is 1. The molecule has 3 saturated heterocycles. The second-order valence-electron chi connectivity index (χ2n) is 10.8. The lowest BCUT2D eigenvalue weighted by Crippen LogP contribution is -2.65. The summed E-state index contributed by atoms with van der Waals surface area (Å²) in [4.78, 5) is 35.3. The van der Waals surface area contributed by atoms with Gasteiger partial charge in [0.2, 0.25) is 5.91 Å². The van der Waals surface area contributed by atoms with E-state index in [1.165, 1.54) is 6.20 Å². The second-order valence-corrected chi connectivity index (χ2v) is 10.8. The van der Waals surface area contributed by atoms with Gasteiger partial charge in [0.05, 0.1) is 5.56 Å². The van der Waals surface area contributed by atoms with E-state index in [0.29, 0.717) is 56.0 Å². The Morgan fingerprint density at radius 3 is 2.66 bits per heavy atom. The van der Waals surface area contributed by atoms with Gasteiger partial charge in [-0.25, -0.2) is 10.4 Å². The van der Waals surface area contributed by atoms with Crippen LogP contribution in [0.1, 0.15) is 29.3 Å². The smallest absolute Gasteiger partial charge is 0.402 e. The number of hydrogen-bond acceptors (Lipinski definition) is 8. The molecule has 1 aromatic heterocycles. The molecule has 10 nitrogen and oxygen atoms in total. The summed E-state index contributed by atoms with van der Waals surface area (Å²) in [6, 6.07) is 11.0. The number of nitriles is 1. The molecule has 2 amide bonds. The highest BCUT2D eigenvalue weighted by Crippen LogP contribution is 2.36. The van der Waals surface area contributed by atoms with Crippen LogP contribution in [0.3, 0.4) is 0 Å². The van der Waals surface area contributed by atoms with Gasteiger partial charge in [-0.3, -0.25) is 19.9 Å². The first-order valence-corrected chi connectivity index (χ1v) is 13.6. The van der Waals surface area contributed by atoms with Crippen LogP contribution in [0.15, 0.2) is 42.6 Å². The Hall–Kier alpha value is -3.89. The molecule has 0 aliphatic carbocycles. The number of rotatable bonds is 6. The summed E-state index contributed by atoms with van der Waals surface area (Å²) >= 11 is 0. The molecule has 2 N–H and O–H groups in total. The Morgan fingerprint density at radius 1 is 1.20 bits per heavy atom. The largest absolute Gasteiger partial charge is 0.492 e. The van der Waals surface area contributed by atoms with E-state index in [9.17, 15) is 22.8 Å². The van der Waals surface area contributed by atoms with Gasteiger partial charge < -0.3 is 14.5 Å². The van der Waals surface area contributed by atoms with E-state index < -0.39 is 24.0 Å². The molecular weight excluding hydrogens is 539 g/mol. The number of alkyl halides is 3. The van der Waals surface area contributed by atoms with Crippen LogP contribution in [-0.2, 0) is 4.79 Å². The molecule has 3 fully saturated rings. The van der Waals surface area contributed by atoms with E-state index in [4.69, 9.17) is 10.00 Å². The fourth-order valence-electron chi connectivity index (χ4n) is 5.91. The van der Waals surface area contributed by atoms with Gasteiger partial charge in [-0.2, -0.15) is 18.4 Å². The van der Waals surface area contributed by atoms with Crippen molar-refractivity contribution in [3.05, 3.63) is 53.7 Å². The van der Waals surface area contributed by atoms with Gasteiger partial charge in [0.1, 0.15) is 24.2 Å². The number of carbonyl (C=O) groups excluding carboxylic acids is 2. The SMILES string of the molecule is C[C@H]1C[C@@H](COc2cccc(C(=O)N3CCN(c4ccc(C#N)cn4)CC3)c2)N(C2CNNC(=O)C2C(F)(F)F)C1. The number of nitrogens with one attached hydrogen (secondary N) is 2. The van der Waals surface area contributed by atoms with Crippen LogP contribution in [0.25, 0.3) is 0 Å². The Balaban J connectivity index is 1.20. The average molecular weight is 572 g/mol. The zero-order chi connectivity index (χ0) is 29.1. The van der Waals surface area contributed by atoms with Crippen molar-refractivity contribution in [2.45, 2.75) is 31.6 Å². The highest BCUT2D eigenvalue weighted by molar-refractivity contribution is 5.94. The molecule has 2 aromatic rings. The van der Waals surface area contributed by atoms with Crippen molar-refractivity contribution in [3.63, 3.8) is 0 Å². The number of carbonyl (C=O) groups is 2. The van der Waals surface area contributed by atoms with E-state index in [0.717, 1.165) is 5.82 Å². The maximum Gasteiger partial charge on any atom is 0.402 e. The second kappa shape index (κ2) is 11.9. The fraction of sp³-hybridized carbons (Fsp3) is 0.500. The summed E-state index contributed by atoms with van der Waals surface area (Å²) in [5, 5.41) is 8.96. The predicted octanol–water partition coefficient (Wildman–Crippen LogP) is 2.19.